The minimum absolute atomic E-state index is 0.0502. The Labute approximate surface area is 130 Å². The van der Waals surface area contributed by atoms with Crippen molar-refractivity contribution in [2.75, 3.05) is 0 Å². The predicted octanol–water partition coefficient (Wildman–Crippen LogP) is 2.58. The number of hydrogen-bond acceptors (Lipinski definition) is 4. The first-order valence-corrected chi connectivity index (χ1v) is 7.39. The van der Waals surface area contributed by atoms with Crippen molar-refractivity contribution in [3.63, 3.8) is 0 Å². The molecule has 5 nitrogen and oxygen atoms in total. The fraction of sp³-hybridized carbons (Fsp3) is 0.533. The molecular weight excluding hydrogens is 311 g/mol. The van der Waals surface area contributed by atoms with Gasteiger partial charge in [0.05, 0.1) is 11.5 Å². The summed E-state index contributed by atoms with van der Waals surface area (Å²) in [4.78, 5) is 16.2. The molecule has 1 aliphatic carbocycles. The SMILES string of the molecule is CC1CCCC2C1=NN(C(=O)c1cccnc1)C2(O)C(F)(F)F. The Morgan fingerprint density at radius 3 is 2.78 bits per heavy atom. The maximum atomic E-state index is 13.6. The maximum Gasteiger partial charge on any atom is 0.439 e. The number of amides is 1. The summed E-state index contributed by atoms with van der Waals surface area (Å²) < 4.78 is 40.9. The lowest BCUT2D eigenvalue weighted by Crippen LogP contribution is -2.61. The fourth-order valence-electron chi connectivity index (χ4n) is 3.31. The van der Waals surface area contributed by atoms with E-state index in [-0.39, 0.29) is 28.6 Å². The van der Waals surface area contributed by atoms with E-state index in [0.717, 1.165) is 6.20 Å². The molecule has 1 aromatic rings. The summed E-state index contributed by atoms with van der Waals surface area (Å²) in [7, 11) is 0. The molecule has 3 rings (SSSR count). The third-order valence-corrected chi connectivity index (χ3v) is 4.53. The van der Waals surface area contributed by atoms with Gasteiger partial charge in [-0.1, -0.05) is 13.3 Å². The largest absolute Gasteiger partial charge is 0.439 e. The average molecular weight is 327 g/mol. The number of carbonyl (C=O) groups excluding carboxylic acids is 1. The molecule has 1 aliphatic heterocycles. The minimum Gasteiger partial charge on any atom is -0.362 e. The first-order valence-electron chi connectivity index (χ1n) is 7.39. The van der Waals surface area contributed by atoms with Gasteiger partial charge in [0, 0.05) is 18.1 Å². The first kappa shape index (κ1) is 15.9. The fourth-order valence-corrected chi connectivity index (χ4v) is 3.31. The highest BCUT2D eigenvalue weighted by Crippen LogP contribution is 2.49. The number of fused-ring (bicyclic) bond motifs is 1. The summed E-state index contributed by atoms with van der Waals surface area (Å²) in [5, 5.41) is 14.6. The van der Waals surface area contributed by atoms with Crippen molar-refractivity contribution < 1.29 is 23.1 Å². The van der Waals surface area contributed by atoms with Gasteiger partial charge < -0.3 is 5.11 Å². The normalized spacial score (nSPS) is 30.8. The molecule has 0 bridgehead atoms. The van der Waals surface area contributed by atoms with E-state index in [1.54, 1.807) is 6.92 Å². The van der Waals surface area contributed by atoms with Crippen LogP contribution in [0.2, 0.25) is 0 Å². The topological polar surface area (TPSA) is 65.8 Å². The number of rotatable bonds is 1. The summed E-state index contributed by atoms with van der Waals surface area (Å²) in [6.07, 6.45) is -1.04. The van der Waals surface area contributed by atoms with Crippen LogP contribution < -0.4 is 0 Å². The standard InChI is InChI=1S/C15H16F3N3O2/c1-9-4-2-6-11-12(9)20-21(14(11,23)15(16,17)18)13(22)10-5-3-7-19-8-10/h3,5,7-9,11,23H,2,4,6H2,1H3. The Kier molecular flexibility index (Phi) is 3.66. The number of hydrazone groups is 1. The minimum atomic E-state index is -5.00. The molecule has 1 saturated carbocycles. The second-order valence-corrected chi connectivity index (χ2v) is 5.99. The average Bonchev–Trinajstić information content (AvgIpc) is 2.83. The molecule has 124 valence electrons. The molecule has 1 fully saturated rings. The van der Waals surface area contributed by atoms with E-state index in [1.165, 1.54) is 18.3 Å². The number of aromatic nitrogens is 1. The molecular formula is C15H16F3N3O2. The molecule has 23 heavy (non-hydrogen) atoms. The van der Waals surface area contributed by atoms with Crippen molar-refractivity contribution in [1.82, 2.24) is 9.99 Å². The third kappa shape index (κ3) is 2.32. The van der Waals surface area contributed by atoms with Gasteiger partial charge in [0.25, 0.3) is 11.6 Å². The second-order valence-electron chi connectivity index (χ2n) is 5.99. The maximum absolute atomic E-state index is 13.6. The van der Waals surface area contributed by atoms with Crippen LogP contribution in [0.1, 0.15) is 36.5 Å². The van der Waals surface area contributed by atoms with Crippen molar-refractivity contribution in [2.24, 2.45) is 16.9 Å². The van der Waals surface area contributed by atoms with Crippen LogP contribution in [0.25, 0.3) is 0 Å². The van der Waals surface area contributed by atoms with E-state index >= 15 is 0 Å². The highest BCUT2D eigenvalue weighted by Gasteiger charge is 2.69. The van der Waals surface area contributed by atoms with Gasteiger partial charge in [0.1, 0.15) is 0 Å². The van der Waals surface area contributed by atoms with Crippen molar-refractivity contribution in [3.8, 4) is 0 Å². The Morgan fingerprint density at radius 2 is 2.17 bits per heavy atom. The zero-order valence-corrected chi connectivity index (χ0v) is 12.4. The quantitative estimate of drug-likeness (QED) is 0.862. The Bertz CT molecular complexity index is 647. The zero-order chi connectivity index (χ0) is 16.8. The second kappa shape index (κ2) is 5.30. The number of carbonyl (C=O) groups is 1. The lowest BCUT2D eigenvalue weighted by Gasteiger charge is -2.39. The molecule has 3 unspecified atom stereocenters. The summed E-state index contributed by atoms with van der Waals surface area (Å²) in [5.41, 5.74) is -3.11. The summed E-state index contributed by atoms with van der Waals surface area (Å²) in [5.74, 6) is -2.42. The van der Waals surface area contributed by atoms with Gasteiger partial charge in [0.15, 0.2) is 0 Å². The highest BCUT2D eigenvalue weighted by molar-refractivity contribution is 5.99. The molecule has 8 heteroatoms. The monoisotopic (exact) mass is 327 g/mol. The molecule has 3 atom stereocenters. The molecule has 0 spiro atoms. The summed E-state index contributed by atoms with van der Waals surface area (Å²) in [6, 6.07) is 2.79. The Hall–Kier alpha value is -1.96. The number of hydrogen-bond donors (Lipinski definition) is 1. The number of aliphatic hydroxyl groups is 1. The van der Waals surface area contributed by atoms with E-state index < -0.39 is 23.7 Å². The molecule has 1 aromatic heterocycles. The molecule has 0 radical (unpaired) electrons. The number of alkyl halides is 3. The van der Waals surface area contributed by atoms with Gasteiger partial charge in [-0.3, -0.25) is 9.78 Å². The molecule has 1 N–H and O–H groups in total. The van der Waals surface area contributed by atoms with Gasteiger partial charge in [-0.05, 0) is 30.9 Å². The third-order valence-electron chi connectivity index (χ3n) is 4.53. The Morgan fingerprint density at radius 1 is 1.43 bits per heavy atom. The molecule has 0 saturated heterocycles. The summed E-state index contributed by atoms with van der Waals surface area (Å²) >= 11 is 0. The van der Waals surface area contributed by atoms with Crippen molar-refractivity contribution in [3.05, 3.63) is 30.1 Å². The van der Waals surface area contributed by atoms with Crippen molar-refractivity contribution in [1.29, 1.82) is 0 Å². The van der Waals surface area contributed by atoms with E-state index in [9.17, 15) is 23.1 Å². The molecule has 0 aromatic carbocycles. The van der Waals surface area contributed by atoms with Crippen LogP contribution in [-0.4, -0.2) is 38.6 Å². The first-order chi connectivity index (χ1) is 10.8. The van der Waals surface area contributed by atoms with Gasteiger partial charge in [-0.2, -0.15) is 23.3 Å². The number of pyridine rings is 1. The van der Waals surface area contributed by atoms with Crippen LogP contribution in [0.4, 0.5) is 13.2 Å². The van der Waals surface area contributed by atoms with E-state index in [0.29, 0.717) is 12.8 Å². The number of halogens is 3. The summed E-state index contributed by atoms with van der Waals surface area (Å²) in [6.45, 7) is 1.76. The molecule has 2 heterocycles. The van der Waals surface area contributed by atoms with Gasteiger partial charge in [0.2, 0.25) is 0 Å². The lowest BCUT2D eigenvalue weighted by molar-refractivity contribution is -0.312. The van der Waals surface area contributed by atoms with Crippen LogP contribution in [0.5, 0.6) is 0 Å². The van der Waals surface area contributed by atoms with Crippen molar-refractivity contribution in [2.45, 2.75) is 38.1 Å². The van der Waals surface area contributed by atoms with E-state index in [1.807, 2.05) is 0 Å². The highest BCUT2D eigenvalue weighted by atomic mass is 19.4. The van der Waals surface area contributed by atoms with Crippen molar-refractivity contribution >= 4 is 11.6 Å². The van der Waals surface area contributed by atoms with Crippen LogP contribution in [-0.2, 0) is 0 Å². The smallest absolute Gasteiger partial charge is 0.362 e. The van der Waals surface area contributed by atoms with Crippen LogP contribution >= 0.6 is 0 Å². The van der Waals surface area contributed by atoms with Crippen LogP contribution in [0.3, 0.4) is 0 Å². The van der Waals surface area contributed by atoms with Crippen LogP contribution in [0, 0.1) is 11.8 Å². The van der Waals surface area contributed by atoms with E-state index in [2.05, 4.69) is 10.1 Å². The number of nitrogens with zero attached hydrogens (tertiary/aromatic N) is 3. The Balaban J connectivity index is 2.07. The van der Waals surface area contributed by atoms with Crippen LogP contribution in [0.15, 0.2) is 29.6 Å². The lowest BCUT2D eigenvalue weighted by atomic mass is 9.75. The predicted molar refractivity (Wildman–Crippen MR) is 75.4 cm³/mol. The van der Waals surface area contributed by atoms with Gasteiger partial charge in [-0.15, -0.1) is 0 Å². The van der Waals surface area contributed by atoms with Gasteiger partial charge in [-0.25, -0.2) is 0 Å². The van der Waals surface area contributed by atoms with Gasteiger partial charge >= 0.3 is 6.18 Å². The molecule has 1 amide bonds. The molecule has 2 aliphatic rings. The zero-order valence-electron chi connectivity index (χ0n) is 12.4. The van der Waals surface area contributed by atoms with E-state index in [4.69, 9.17) is 0 Å².